The van der Waals surface area contributed by atoms with Crippen molar-refractivity contribution in [2.75, 3.05) is 39.9 Å². The average Bonchev–Trinajstić information content (AvgIpc) is 2.98. The number of guanidine groups is 1. The van der Waals surface area contributed by atoms with E-state index in [4.69, 9.17) is 4.74 Å². The van der Waals surface area contributed by atoms with Crippen molar-refractivity contribution in [2.24, 2.45) is 4.99 Å². The molecule has 1 fully saturated rings. The minimum Gasteiger partial charge on any atom is -0.381 e. The Labute approximate surface area is 162 Å². The molecule has 25 heavy (non-hydrogen) atoms. The van der Waals surface area contributed by atoms with Gasteiger partial charge in [-0.25, -0.2) is 0 Å². The highest BCUT2D eigenvalue weighted by molar-refractivity contribution is 14.0. The summed E-state index contributed by atoms with van der Waals surface area (Å²) in [6.45, 7) is 3.28. The smallest absolute Gasteiger partial charge is 0.381 e. The summed E-state index contributed by atoms with van der Waals surface area (Å²) in [6, 6.07) is 5.70. The van der Waals surface area contributed by atoms with E-state index in [1.165, 1.54) is 12.1 Å². The van der Waals surface area contributed by atoms with E-state index in [2.05, 4.69) is 10.3 Å². The van der Waals surface area contributed by atoms with E-state index in [9.17, 15) is 13.2 Å². The molecule has 4 nitrogen and oxygen atoms in total. The number of hydrogen-bond acceptors (Lipinski definition) is 4. The van der Waals surface area contributed by atoms with Crippen LogP contribution in [0.1, 0.15) is 24.0 Å². The Balaban J connectivity index is 0.00000225. The van der Waals surface area contributed by atoms with Gasteiger partial charge in [-0.3, -0.25) is 4.99 Å². The molecular weight excluding hydrogens is 446 g/mol. The predicted octanol–water partition coefficient (Wildman–Crippen LogP) is 3.26. The first-order valence-electron chi connectivity index (χ1n) is 8.16. The lowest BCUT2D eigenvalue weighted by Crippen LogP contribution is -2.47. The van der Waals surface area contributed by atoms with Crippen LogP contribution in [0, 0.1) is 0 Å². The molecule has 0 saturated carbocycles. The molecule has 0 aromatic heterocycles. The number of hydrogen-bond donors (Lipinski definition) is 1. The van der Waals surface area contributed by atoms with Gasteiger partial charge >= 0.3 is 6.18 Å². The zero-order chi connectivity index (χ0) is 17.2. The molecule has 2 heterocycles. The second-order valence-electron chi connectivity index (χ2n) is 6.45. The number of nitrogens with one attached hydrogen (secondary N) is 1. The molecular formula is C17H23F3IN3O. The normalized spacial score (nSPS) is 20.0. The van der Waals surface area contributed by atoms with E-state index in [0.717, 1.165) is 30.7 Å². The van der Waals surface area contributed by atoms with Gasteiger partial charge in [0.15, 0.2) is 5.96 Å². The van der Waals surface area contributed by atoms with Gasteiger partial charge in [0.1, 0.15) is 0 Å². The third-order valence-corrected chi connectivity index (χ3v) is 4.90. The van der Waals surface area contributed by atoms with Crippen LogP contribution in [0.3, 0.4) is 0 Å². The van der Waals surface area contributed by atoms with Crippen LogP contribution in [0.25, 0.3) is 0 Å². The number of nitrogens with zero attached hydrogens (tertiary/aromatic N) is 2. The van der Waals surface area contributed by atoms with Gasteiger partial charge in [0.25, 0.3) is 0 Å². The van der Waals surface area contributed by atoms with Gasteiger partial charge in [-0.05, 0) is 24.5 Å². The Morgan fingerprint density at radius 1 is 1.28 bits per heavy atom. The topological polar surface area (TPSA) is 36.9 Å². The number of halogens is 4. The van der Waals surface area contributed by atoms with Crippen LogP contribution in [-0.4, -0.2) is 50.8 Å². The molecule has 1 aromatic carbocycles. The molecule has 0 radical (unpaired) electrons. The summed E-state index contributed by atoms with van der Waals surface area (Å²) >= 11 is 0. The van der Waals surface area contributed by atoms with Crippen LogP contribution in [0.15, 0.2) is 29.3 Å². The van der Waals surface area contributed by atoms with E-state index >= 15 is 0 Å². The van der Waals surface area contributed by atoms with Crippen molar-refractivity contribution in [3.63, 3.8) is 0 Å². The molecule has 140 valence electrons. The second kappa shape index (κ2) is 8.11. The third kappa shape index (κ3) is 4.58. The van der Waals surface area contributed by atoms with Crippen molar-refractivity contribution >= 4 is 29.9 Å². The van der Waals surface area contributed by atoms with Crippen LogP contribution in [0.5, 0.6) is 0 Å². The number of benzene rings is 1. The second-order valence-corrected chi connectivity index (χ2v) is 6.45. The van der Waals surface area contributed by atoms with Crippen molar-refractivity contribution in [1.29, 1.82) is 0 Å². The molecule has 0 bridgehead atoms. The van der Waals surface area contributed by atoms with Gasteiger partial charge in [-0.1, -0.05) is 18.2 Å². The molecule has 2 aliphatic rings. The first kappa shape index (κ1) is 20.3. The standard InChI is InChI=1S/C17H22F3N3O.HI/c1-23-8-7-21-15(23)22-12-16(5-9-24-10-6-16)13-3-2-4-14(11-13)17(18,19)20;/h2-4,11H,5-10,12H2,1H3,(H,21,22);1H. The fraction of sp³-hybridized carbons (Fsp3) is 0.588. The van der Waals surface area contributed by atoms with Gasteiger partial charge in [-0.15, -0.1) is 24.0 Å². The molecule has 3 rings (SSSR count). The summed E-state index contributed by atoms with van der Waals surface area (Å²) in [5.74, 6) is 0.813. The first-order valence-corrected chi connectivity index (χ1v) is 8.16. The summed E-state index contributed by atoms with van der Waals surface area (Å²) in [4.78, 5) is 6.43. The van der Waals surface area contributed by atoms with Gasteiger partial charge in [0.2, 0.25) is 0 Å². The van der Waals surface area contributed by atoms with Gasteiger partial charge in [0, 0.05) is 38.8 Å². The van der Waals surface area contributed by atoms with E-state index in [0.29, 0.717) is 32.6 Å². The van der Waals surface area contributed by atoms with Gasteiger partial charge in [-0.2, -0.15) is 13.2 Å². The van der Waals surface area contributed by atoms with E-state index in [1.54, 1.807) is 6.07 Å². The number of alkyl halides is 3. The summed E-state index contributed by atoms with van der Waals surface area (Å²) in [7, 11) is 1.96. The summed E-state index contributed by atoms with van der Waals surface area (Å²) in [5, 5.41) is 3.34. The van der Waals surface area contributed by atoms with Crippen LogP contribution < -0.4 is 5.32 Å². The maximum Gasteiger partial charge on any atom is 0.416 e. The van der Waals surface area contributed by atoms with Crippen LogP contribution >= 0.6 is 24.0 Å². The molecule has 0 atom stereocenters. The minimum atomic E-state index is -4.33. The number of likely N-dealkylation sites (N-methyl/N-ethyl adjacent to an activating group) is 1. The van der Waals surface area contributed by atoms with Crippen molar-refractivity contribution in [1.82, 2.24) is 10.2 Å². The van der Waals surface area contributed by atoms with Crippen molar-refractivity contribution < 1.29 is 17.9 Å². The van der Waals surface area contributed by atoms with Gasteiger partial charge < -0.3 is 15.0 Å². The molecule has 0 spiro atoms. The average molecular weight is 469 g/mol. The fourth-order valence-corrected chi connectivity index (χ4v) is 3.33. The van der Waals surface area contributed by atoms with Crippen LogP contribution in [0.2, 0.25) is 0 Å². The SMILES string of the molecule is CN1CCN=C1NCC1(c2cccc(C(F)(F)F)c2)CCOCC1.I. The Morgan fingerprint density at radius 3 is 2.60 bits per heavy atom. The lowest BCUT2D eigenvalue weighted by atomic mass is 9.73. The predicted molar refractivity (Wildman–Crippen MR) is 102 cm³/mol. The van der Waals surface area contributed by atoms with E-state index < -0.39 is 11.7 Å². The largest absolute Gasteiger partial charge is 0.416 e. The Hall–Kier alpha value is -1.03. The Bertz CT molecular complexity index is 615. The monoisotopic (exact) mass is 469 g/mol. The fourth-order valence-electron chi connectivity index (χ4n) is 3.33. The summed E-state index contributed by atoms with van der Waals surface area (Å²) < 4.78 is 44.7. The van der Waals surface area contributed by atoms with E-state index in [-0.39, 0.29) is 29.4 Å². The summed E-state index contributed by atoms with van der Waals surface area (Å²) in [5.41, 5.74) is -0.249. The number of ether oxygens (including phenoxy) is 1. The maximum atomic E-state index is 13.1. The highest BCUT2D eigenvalue weighted by Gasteiger charge is 2.37. The highest BCUT2D eigenvalue weighted by Crippen LogP contribution is 2.37. The Kier molecular flexibility index (Phi) is 6.58. The molecule has 2 aliphatic heterocycles. The van der Waals surface area contributed by atoms with E-state index in [1.807, 2.05) is 11.9 Å². The first-order chi connectivity index (χ1) is 11.4. The van der Waals surface area contributed by atoms with Crippen molar-refractivity contribution in [2.45, 2.75) is 24.4 Å². The molecule has 0 amide bonds. The summed E-state index contributed by atoms with van der Waals surface area (Å²) in [6.07, 6.45) is -2.94. The number of aliphatic imine (C=N–C) groups is 1. The van der Waals surface area contributed by atoms with Crippen molar-refractivity contribution in [3.8, 4) is 0 Å². The lowest BCUT2D eigenvalue weighted by Gasteiger charge is -2.38. The molecule has 1 saturated heterocycles. The quantitative estimate of drug-likeness (QED) is 0.691. The molecule has 0 aliphatic carbocycles. The Morgan fingerprint density at radius 2 is 2.00 bits per heavy atom. The highest BCUT2D eigenvalue weighted by atomic mass is 127. The molecule has 8 heteroatoms. The number of rotatable bonds is 3. The third-order valence-electron chi connectivity index (χ3n) is 4.90. The minimum absolute atomic E-state index is 0. The van der Waals surface area contributed by atoms with Crippen LogP contribution in [0.4, 0.5) is 13.2 Å². The van der Waals surface area contributed by atoms with Crippen LogP contribution in [-0.2, 0) is 16.3 Å². The zero-order valence-corrected chi connectivity index (χ0v) is 16.4. The molecule has 0 unspecified atom stereocenters. The molecule has 1 N–H and O–H groups in total. The lowest BCUT2D eigenvalue weighted by molar-refractivity contribution is -0.137. The molecule has 1 aromatic rings. The maximum absolute atomic E-state index is 13.1. The zero-order valence-electron chi connectivity index (χ0n) is 14.1. The van der Waals surface area contributed by atoms with Crippen molar-refractivity contribution in [3.05, 3.63) is 35.4 Å². The van der Waals surface area contributed by atoms with Gasteiger partial charge in [0.05, 0.1) is 12.1 Å².